The Morgan fingerprint density at radius 1 is 1.15 bits per heavy atom. The lowest BCUT2D eigenvalue weighted by Crippen LogP contribution is -2.47. The highest BCUT2D eigenvalue weighted by Gasteiger charge is 2.42. The van der Waals surface area contributed by atoms with Crippen molar-refractivity contribution in [2.45, 2.75) is 50.6 Å². The first-order valence-electron chi connectivity index (χ1n) is 7.84. The highest BCUT2D eigenvalue weighted by Crippen LogP contribution is 2.44. The Hall–Kier alpha value is -1.35. The normalized spacial score (nSPS) is 19.9. The third-order valence-electron chi connectivity index (χ3n) is 4.49. The predicted molar refractivity (Wildman–Crippen MR) is 80.1 cm³/mol. The van der Waals surface area contributed by atoms with E-state index in [9.17, 15) is 4.79 Å². The Labute approximate surface area is 120 Å². The molecule has 2 fully saturated rings. The molecular formula is C17H24N2O. The van der Waals surface area contributed by atoms with E-state index in [0.29, 0.717) is 6.04 Å². The maximum absolute atomic E-state index is 12.2. The van der Waals surface area contributed by atoms with Crippen LogP contribution in [0.5, 0.6) is 0 Å². The number of carbonyl (C=O) groups is 1. The molecule has 0 radical (unpaired) electrons. The van der Waals surface area contributed by atoms with Crippen molar-refractivity contribution in [2.24, 2.45) is 17.6 Å². The van der Waals surface area contributed by atoms with Gasteiger partial charge in [0.25, 0.3) is 0 Å². The molecule has 3 rings (SSSR count). The monoisotopic (exact) mass is 272 g/mol. The maximum atomic E-state index is 12.2. The Morgan fingerprint density at radius 2 is 1.75 bits per heavy atom. The molecule has 0 saturated heterocycles. The topological polar surface area (TPSA) is 55.1 Å². The molecule has 1 aromatic rings. The van der Waals surface area contributed by atoms with Gasteiger partial charge in [0.05, 0.1) is 6.04 Å². The van der Waals surface area contributed by atoms with Gasteiger partial charge in [0, 0.05) is 6.04 Å². The molecule has 0 spiro atoms. The van der Waals surface area contributed by atoms with Gasteiger partial charge in [0.2, 0.25) is 5.91 Å². The van der Waals surface area contributed by atoms with Gasteiger partial charge in [0.1, 0.15) is 0 Å². The van der Waals surface area contributed by atoms with Gasteiger partial charge < -0.3 is 11.1 Å². The number of aryl methyl sites for hydroxylation is 1. The zero-order valence-corrected chi connectivity index (χ0v) is 11.9. The van der Waals surface area contributed by atoms with Crippen LogP contribution in [0.1, 0.15) is 37.7 Å². The second kappa shape index (κ2) is 5.96. The molecule has 3 nitrogen and oxygen atoms in total. The fourth-order valence-corrected chi connectivity index (χ4v) is 2.90. The number of amides is 1. The minimum atomic E-state index is -0.379. The van der Waals surface area contributed by atoms with Crippen LogP contribution in [0.15, 0.2) is 30.3 Å². The van der Waals surface area contributed by atoms with E-state index in [1.807, 2.05) is 18.2 Å². The van der Waals surface area contributed by atoms with Crippen LogP contribution in [-0.4, -0.2) is 18.0 Å². The smallest absolute Gasteiger partial charge is 0.237 e. The van der Waals surface area contributed by atoms with E-state index in [-0.39, 0.29) is 11.9 Å². The summed E-state index contributed by atoms with van der Waals surface area (Å²) in [5, 5.41) is 3.21. The second-order valence-corrected chi connectivity index (χ2v) is 6.34. The van der Waals surface area contributed by atoms with Crippen LogP contribution in [0.25, 0.3) is 0 Å². The van der Waals surface area contributed by atoms with E-state index in [0.717, 1.165) is 24.7 Å². The van der Waals surface area contributed by atoms with Gasteiger partial charge in [-0.05, 0) is 55.9 Å². The first-order chi connectivity index (χ1) is 9.74. The zero-order chi connectivity index (χ0) is 13.9. The highest BCUT2D eigenvalue weighted by atomic mass is 16.2. The summed E-state index contributed by atoms with van der Waals surface area (Å²) in [4.78, 5) is 12.2. The van der Waals surface area contributed by atoms with Crippen molar-refractivity contribution in [3.05, 3.63) is 35.9 Å². The van der Waals surface area contributed by atoms with Crippen LogP contribution in [-0.2, 0) is 11.2 Å². The average molecular weight is 272 g/mol. The third-order valence-corrected chi connectivity index (χ3v) is 4.49. The molecule has 0 aliphatic heterocycles. The Morgan fingerprint density at radius 3 is 2.30 bits per heavy atom. The molecule has 3 N–H and O–H groups in total. The zero-order valence-electron chi connectivity index (χ0n) is 11.9. The predicted octanol–water partition coefficient (Wildman–Crippen LogP) is 2.25. The van der Waals surface area contributed by atoms with Gasteiger partial charge in [-0.1, -0.05) is 30.3 Å². The van der Waals surface area contributed by atoms with Crippen LogP contribution in [0.3, 0.4) is 0 Å². The van der Waals surface area contributed by atoms with E-state index in [2.05, 4.69) is 17.4 Å². The summed E-state index contributed by atoms with van der Waals surface area (Å²) in [5.74, 6) is 1.50. The Bertz CT molecular complexity index is 439. The molecule has 0 unspecified atom stereocenters. The molecule has 2 aliphatic rings. The minimum absolute atomic E-state index is 0.0460. The van der Waals surface area contributed by atoms with Crippen molar-refractivity contribution in [1.29, 1.82) is 0 Å². The molecule has 1 aromatic carbocycles. The molecule has 3 heteroatoms. The molecule has 2 saturated carbocycles. The Balaban J connectivity index is 1.46. The molecule has 108 valence electrons. The summed E-state index contributed by atoms with van der Waals surface area (Å²) in [7, 11) is 0. The molecule has 20 heavy (non-hydrogen) atoms. The fraction of sp³-hybridized carbons (Fsp3) is 0.588. The van der Waals surface area contributed by atoms with Crippen LogP contribution >= 0.6 is 0 Å². The van der Waals surface area contributed by atoms with Gasteiger partial charge in [-0.3, -0.25) is 4.79 Å². The molecule has 0 heterocycles. The first-order valence-corrected chi connectivity index (χ1v) is 7.84. The summed E-state index contributed by atoms with van der Waals surface area (Å²) >= 11 is 0. The number of nitrogens with one attached hydrogen (secondary N) is 1. The molecule has 0 aromatic heterocycles. The summed E-state index contributed by atoms with van der Waals surface area (Å²) < 4.78 is 0. The number of carbonyl (C=O) groups excluding carboxylic acids is 1. The SMILES string of the molecule is N[C@@H](CCc1ccccc1)C(=O)NC(C1CC1)C1CC1. The van der Waals surface area contributed by atoms with Crippen LogP contribution in [0, 0.1) is 11.8 Å². The molecule has 1 atom stereocenters. The number of nitrogens with two attached hydrogens (primary N) is 1. The van der Waals surface area contributed by atoms with Crippen LogP contribution < -0.4 is 11.1 Å². The van der Waals surface area contributed by atoms with Gasteiger partial charge in [0.15, 0.2) is 0 Å². The summed E-state index contributed by atoms with van der Waals surface area (Å²) in [6.07, 6.45) is 6.70. The van der Waals surface area contributed by atoms with E-state index in [1.54, 1.807) is 0 Å². The van der Waals surface area contributed by atoms with E-state index in [4.69, 9.17) is 5.73 Å². The summed E-state index contributed by atoms with van der Waals surface area (Å²) in [5.41, 5.74) is 7.29. The Kier molecular flexibility index (Phi) is 4.06. The van der Waals surface area contributed by atoms with Gasteiger partial charge in [-0.25, -0.2) is 0 Å². The minimum Gasteiger partial charge on any atom is -0.351 e. The second-order valence-electron chi connectivity index (χ2n) is 6.34. The average Bonchev–Trinajstić information content (AvgIpc) is 3.36. The van der Waals surface area contributed by atoms with Crippen molar-refractivity contribution in [2.75, 3.05) is 0 Å². The lowest BCUT2D eigenvalue weighted by molar-refractivity contribution is -0.123. The van der Waals surface area contributed by atoms with E-state index >= 15 is 0 Å². The van der Waals surface area contributed by atoms with Crippen molar-refractivity contribution in [3.8, 4) is 0 Å². The maximum Gasteiger partial charge on any atom is 0.237 e. The quantitative estimate of drug-likeness (QED) is 0.800. The molecular weight excluding hydrogens is 248 g/mol. The standard InChI is InChI=1S/C17H24N2O/c18-15(11-6-12-4-2-1-3-5-12)17(20)19-16(13-7-8-13)14-9-10-14/h1-5,13-16H,6-11,18H2,(H,19,20)/t15-/m0/s1. The number of rotatable bonds is 7. The van der Waals surface area contributed by atoms with Crippen LogP contribution in [0.2, 0.25) is 0 Å². The van der Waals surface area contributed by atoms with Gasteiger partial charge in [-0.2, -0.15) is 0 Å². The lowest BCUT2D eigenvalue weighted by Gasteiger charge is -2.20. The fourth-order valence-electron chi connectivity index (χ4n) is 2.90. The summed E-state index contributed by atoms with van der Waals surface area (Å²) in [6, 6.07) is 10.3. The highest BCUT2D eigenvalue weighted by molar-refractivity contribution is 5.81. The van der Waals surface area contributed by atoms with Gasteiger partial charge in [-0.15, -0.1) is 0 Å². The van der Waals surface area contributed by atoms with Crippen molar-refractivity contribution in [1.82, 2.24) is 5.32 Å². The molecule has 1 amide bonds. The van der Waals surface area contributed by atoms with Crippen molar-refractivity contribution < 1.29 is 4.79 Å². The lowest BCUT2D eigenvalue weighted by atomic mass is 10.0. The number of benzene rings is 1. The largest absolute Gasteiger partial charge is 0.351 e. The van der Waals surface area contributed by atoms with E-state index in [1.165, 1.54) is 31.2 Å². The van der Waals surface area contributed by atoms with E-state index < -0.39 is 0 Å². The summed E-state index contributed by atoms with van der Waals surface area (Å²) in [6.45, 7) is 0. The van der Waals surface area contributed by atoms with Crippen molar-refractivity contribution >= 4 is 5.91 Å². The molecule has 0 bridgehead atoms. The first kappa shape index (κ1) is 13.6. The van der Waals surface area contributed by atoms with Crippen LogP contribution in [0.4, 0.5) is 0 Å². The van der Waals surface area contributed by atoms with Crippen molar-refractivity contribution in [3.63, 3.8) is 0 Å². The number of hydrogen-bond acceptors (Lipinski definition) is 2. The number of hydrogen-bond donors (Lipinski definition) is 2. The third kappa shape index (κ3) is 3.60. The molecule has 2 aliphatic carbocycles. The van der Waals surface area contributed by atoms with Gasteiger partial charge >= 0.3 is 0 Å².